The molecule has 150 valence electrons. The van der Waals surface area contributed by atoms with Crippen molar-refractivity contribution in [3.63, 3.8) is 0 Å². The zero-order valence-corrected chi connectivity index (χ0v) is 16.2. The molecular weight excluding hydrogens is 372 g/mol. The van der Waals surface area contributed by atoms with Crippen LogP contribution in [0.1, 0.15) is 32.1 Å². The number of halogens is 1. The third-order valence-corrected chi connectivity index (χ3v) is 4.57. The number of amides is 2. The molecule has 0 heterocycles. The van der Waals surface area contributed by atoms with E-state index in [-0.39, 0.29) is 25.2 Å². The molecule has 0 radical (unpaired) electrons. The Kier molecular flexibility index (Phi) is 9.58. The van der Waals surface area contributed by atoms with Gasteiger partial charge in [0.15, 0.2) is 0 Å². The number of carboxylic acids is 1. The number of hydrogen-bond acceptors (Lipinski definition) is 5. The first-order valence-electron chi connectivity index (χ1n) is 8.80. The summed E-state index contributed by atoms with van der Waals surface area (Å²) >= 11 is 5.80. The molecule has 0 aromatic heterocycles. The average Bonchev–Trinajstić information content (AvgIpc) is 2.60. The van der Waals surface area contributed by atoms with E-state index in [1.54, 1.807) is 31.3 Å². The molecule has 0 bridgehead atoms. The largest absolute Gasteiger partial charge is 0.480 e. The van der Waals surface area contributed by atoms with Gasteiger partial charge in [-0.05, 0) is 49.8 Å². The van der Waals surface area contributed by atoms with Gasteiger partial charge in [-0.1, -0.05) is 24.4 Å². The standard InChI is InChI=1S/C17H27BClN3O5/c1-22(16(25)21-14-7-5-13(19)6-8-14)12-4-10-17(20,15(23)24)9-2-3-11-18(26)27/h5-8,26-27H,2-4,9-12,20H2,1H3,(H,21,25)(H,23,24). The van der Waals surface area contributed by atoms with E-state index in [1.165, 1.54) is 4.90 Å². The molecule has 10 heteroatoms. The summed E-state index contributed by atoms with van der Waals surface area (Å²) in [5.74, 6) is -1.10. The third kappa shape index (κ3) is 8.62. The molecule has 1 aromatic carbocycles. The van der Waals surface area contributed by atoms with Crippen LogP contribution in [-0.4, -0.2) is 58.3 Å². The molecule has 0 fully saturated rings. The summed E-state index contributed by atoms with van der Waals surface area (Å²) in [5, 5.41) is 30.3. The van der Waals surface area contributed by atoms with Gasteiger partial charge >= 0.3 is 19.1 Å². The monoisotopic (exact) mass is 399 g/mol. The Bertz CT molecular complexity index is 617. The van der Waals surface area contributed by atoms with Crippen LogP contribution in [-0.2, 0) is 4.79 Å². The number of carbonyl (C=O) groups excluding carboxylic acids is 1. The van der Waals surface area contributed by atoms with Gasteiger partial charge in [0.1, 0.15) is 5.54 Å². The van der Waals surface area contributed by atoms with Crippen molar-refractivity contribution in [3.8, 4) is 0 Å². The molecular formula is C17H27BClN3O5. The van der Waals surface area contributed by atoms with Crippen molar-refractivity contribution in [1.82, 2.24) is 4.90 Å². The van der Waals surface area contributed by atoms with Crippen molar-refractivity contribution < 1.29 is 24.7 Å². The van der Waals surface area contributed by atoms with Crippen molar-refractivity contribution in [3.05, 3.63) is 29.3 Å². The van der Waals surface area contributed by atoms with Crippen LogP contribution >= 0.6 is 11.6 Å². The number of carboxylic acid groups (broad SMARTS) is 1. The van der Waals surface area contributed by atoms with E-state index in [9.17, 15) is 14.7 Å². The van der Waals surface area contributed by atoms with Crippen LogP contribution in [0, 0.1) is 0 Å². The van der Waals surface area contributed by atoms with Crippen LogP contribution in [0.15, 0.2) is 24.3 Å². The van der Waals surface area contributed by atoms with Crippen LogP contribution < -0.4 is 11.1 Å². The molecule has 0 spiro atoms. The quantitative estimate of drug-likeness (QED) is 0.285. The number of carbonyl (C=O) groups is 2. The van der Waals surface area contributed by atoms with Crippen LogP contribution in [0.3, 0.4) is 0 Å². The highest BCUT2D eigenvalue weighted by Gasteiger charge is 2.33. The lowest BCUT2D eigenvalue weighted by Gasteiger charge is -2.26. The maximum atomic E-state index is 12.1. The topological polar surface area (TPSA) is 136 Å². The number of urea groups is 1. The second kappa shape index (κ2) is 11.1. The van der Waals surface area contributed by atoms with E-state index < -0.39 is 18.6 Å². The predicted molar refractivity (Wildman–Crippen MR) is 106 cm³/mol. The van der Waals surface area contributed by atoms with Gasteiger partial charge < -0.3 is 31.1 Å². The number of anilines is 1. The Morgan fingerprint density at radius 2 is 1.78 bits per heavy atom. The number of hydrogen-bond donors (Lipinski definition) is 5. The molecule has 1 rings (SSSR count). The van der Waals surface area contributed by atoms with E-state index >= 15 is 0 Å². The number of nitrogens with one attached hydrogen (secondary N) is 1. The maximum absolute atomic E-state index is 12.1. The fourth-order valence-electron chi connectivity index (χ4n) is 2.59. The van der Waals surface area contributed by atoms with Gasteiger partial charge in [0.05, 0.1) is 0 Å². The summed E-state index contributed by atoms with van der Waals surface area (Å²) in [5.41, 5.74) is 5.22. The summed E-state index contributed by atoms with van der Waals surface area (Å²) in [7, 11) is 0.224. The molecule has 0 aliphatic heterocycles. The number of nitrogens with two attached hydrogens (primary N) is 1. The van der Waals surface area contributed by atoms with Gasteiger partial charge in [-0.2, -0.15) is 0 Å². The summed E-state index contributed by atoms with van der Waals surface area (Å²) < 4.78 is 0. The fourth-order valence-corrected chi connectivity index (χ4v) is 2.72. The summed E-state index contributed by atoms with van der Waals surface area (Å²) in [6, 6.07) is 6.40. The SMILES string of the molecule is CN(CCCC(N)(CCCCB(O)O)C(=O)O)C(=O)Nc1ccc(Cl)cc1. The minimum absolute atomic E-state index is 0.184. The minimum Gasteiger partial charge on any atom is -0.480 e. The van der Waals surface area contributed by atoms with Crippen LogP contribution in [0.4, 0.5) is 10.5 Å². The first kappa shape index (κ1) is 23.2. The van der Waals surface area contributed by atoms with Crippen LogP contribution in [0.25, 0.3) is 0 Å². The van der Waals surface area contributed by atoms with Gasteiger partial charge in [-0.15, -0.1) is 0 Å². The van der Waals surface area contributed by atoms with Crippen LogP contribution in [0.2, 0.25) is 11.3 Å². The normalized spacial score (nSPS) is 12.9. The van der Waals surface area contributed by atoms with Crippen molar-refractivity contribution in [2.45, 2.75) is 44.0 Å². The molecule has 27 heavy (non-hydrogen) atoms. The number of benzene rings is 1. The van der Waals surface area contributed by atoms with E-state index in [1.807, 2.05) is 0 Å². The Morgan fingerprint density at radius 1 is 1.19 bits per heavy atom. The minimum atomic E-state index is -1.39. The Morgan fingerprint density at radius 3 is 2.33 bits per heavy atom. The van der Waals surface area contributed by atoms with Crippen LogP contribution in [0.5, 0.6) is 0 Å². The van der Waals surface area contributed by atoms with Gasteiger partial charge in [0.2, 0.25) is 0 Å². The van der Waals surface area contributed by atoms with Gasteiger partial charge in [-0.25, -0.2) is 4.79 Å². The second-order valence-electron chi connectivity index (χ2n) is 6.65. The second-order valence-corrected chi connectivity index (χ2v) is 7.09. The van der Waals surface area contributed by atoms with Gasteiger partial charge in [0.25, 0.3) is 0 Å². The lowest BCUT2D eigenvalue weighted by molar-refractivity contribution is -0.144. The lowest BCUT2D eigenvalue weighted by Crippen LogP contribution is -2.48. The Balaban J connectivity index is 2.43. The molecule has 6 N–H and O–H groups in total. The molecule has 2 amide bonds. The van der Waals surface area contributed by atoms with E-state index in [0.29, 0.717) is 36.5 Å². The molecule has 1 atom stereocenters. The van der Waals surface area contributed by atoms with E-state index in [2.05, 4.69) is 5.32 Å². The first-order chi connectivity index (χ1) is 12.6. The molecule has 0 aliphatic rings. The third-order valence-electron chi connectivity index (χ3n) is 4.32. The maximum Gasteiger partial charge on any atom is 0.451 e. The zero-order valence-electron chi connectivity index (χ0n) is 15.4. The number of unbranched alkanes of at least 4 members (excludes halogenated alkanes) is 1. The average molecular weight is 400 g/mol. The van der Waals surface area contributed by atoms with E-state index in [0.717, 1.165) is 0 Å². The summed E-state index contributed by atoms with van der Waals surface area (Å²) in [6.07, 6.45) is 2.01. The molecule has 0 aliphatic carbocycles. The number of aliphatic carboxylic acids is 1. The fraction of sp³-hybridized carbons (Fsp3) is 0.529. The molecule has 0 saturated heterocycles. The van der Waals surface area contributed by atoms with E-state index in [4.69, 9.17) is 27.4 Å². The highest BCUT2D eigenvalue weighted by molar-refractivity contribution is 6.40. The highest BCUT2D eigenvalue weighted by atomic mass is 35.5. The summed E-state index contributed by atoms with van der Waals surface area (Å²) in [6.45, 7) is 0.348. The molecule has 0 saturated carbocycles. The molecule has 1 aromatic rings. The molecule has 8 nitrogen and oxygen atoms in total. The highest BCUT2D eigenvalue weighted by Crippen LogP contribution is 2.20. The van der Waals surface area contributed by atoms with Crippen molar-refractivity contribution in [2.24, 2.45) is 5.73 Å². The lowest BCUT2D eigenvalue weighted by atomic mass is 9.81. The van der Waals surface area contributed by atoms with Crippen molar-refractivity contribution in [1.29, 1.82) is 0 Å². The van der Waals surface area contributed by atoms with Crippen molar-refractivity contribution in [2.75, 3.05) is 18.9 Å². The Labute approximate surface area is 164 Å². The van der Waals surface area contributed by atoms with Gasteiger partial charge in [-0.3, -0.25) is 4.79 Å². The summed E-state index contributed by atoms with van der Waals surface area (Å²) in [4.78, 5) is 25.1. The Hall–Kier alpha value is -1.81. The first-order valence-corrected chi connectivity index (χ1v) is 9.18. The molecule has 1 unspecified atom stereocenters. The predicted octanol–water partition coefficient (Wildman–Crippen LogP) is 2.01. The zero-order chi connectivity index (χ0) is 20.4. The van der Waals surface area contributed by atoms with Crippen molar-refractivity contribution >= 4 is 36.4 Å². The number of rotatable bonds is 11. The smallest absolute Gasteiger partial charge is 0.451 e. The number of nitrogens with zero attached hydrogens (tertiary/aromatic N) is 1. The van der Waals surface area contributed by atoms with Gasteiger partial charge in [0, 0.05) is 24.3 Å².